The van der Waals surface area contributed by atoms with Crippen LogP contribution in [0.1, 0.15) is 43.1 Å². The van der Waals surface area contributed by atoms with Crippen LogP contribution in [0.3, 0.4) is 0 Å². The van der Waals surface area contributed by atoms with Crippen LogP contribution < -0.4 is 0 Å². The minimum absolute atomic E-state index is 0.104. The van der Waals surface area contributed by atoms with Crippen LogP contribution in [0.25, 0.3) is 0 Å². The van der Waals surface area contributed by atoms with E-state index in [9.17, 15) is 18.0 Å². The van der Waals surface area contributed by atoms with Gasteiger partial charge in [0.2, 0.25) is 0 Å². The van der Waals surface area contributed by atoms with E-state index in [-0.39, 0.29) is 5.78 Å². The van der Waals surface area contributed by atoms with Crippen molar-refractivity contribution in [2.45, 2.75) is 38.1 Å². The van der Waals surface area contributed by atoms with Crippen molar-refractivity contribution in [3.8, 4) is 0 Å². The molecule has 1 nitrogen and oxygen atoms in total. The first kappa shape index (κ1) is 16.1. The molecule has 0 saturated heterocycles. The number of halogens is 3. The molecular weight excluding hydrogens is 297 g/mol. The van der Waals surface area contributed by atoms with Crippen molar-refractivity contribution in [3.63, 3.8) is 0 Å². The molecule has 0 N–H and O–H groups in total. The molecule has 1 aromatic rings. The fourth-order valence-electron chi connectivity index (χ4n) is 2.36. The number of ketones is 1. The lowest BCUT2D eigenvalue weighted by atomic mass is 9.90. The van der Waals surface area contributed by atoms with Crippen LogP contribution in [-0.4, -0.2) is 16.3 Å². The third-order valence-electron chi connectivity index (χ3n) is 3.89. The first-order valence-electron chi connectivity index (χ1n) is 6.65. The van der Waals surface area contributed by atoms with E-state index in [0.29, 0.717) is 12.0 Å². The molecule has 1 heterocycles. The number of benzene rings is 1. The second-order valence-electron chi connectivity index (χ2n) is 5.66. The van der Waals surface area contributed by atoms with E-state index in [1.165, 1.54) is 23.3 Å². The molecule has 1 aliphatic rings. The van der Waals surface area contributed by atoms with Crippen LogP contribution in [0.2, 0.25) is 0 Å². The Kier molecular flexibility index (Phi) is 4.24. The SMILES string of the molecule is CC1=C(C)CC(C)(C(=O)c2ccc(C(F)(F)F)cc2)SC1. The predicted octanol–water partition coefficient (Wildman–Crippen LogP) is 5.12. The molecule has 0 aliphatic carbocycles. The molecule has 0 radical (unpaired) electrons. The lowest BCUT2D eigenvalue weighted by Crippen LogP contribution is -2.35. The Morgan fingerprint density at radius 2 is 1.71 bits per heavy atom. The molecular formula is C16H17F3OS. The highest BCUT2D eigenvalue weighted by molar-refractivity contribution is 8.01. The molecule has 1 atom stereocenters. The fourth-order valence-corrected chi connectivity index (χ4v) is 3.71. The molecule has 2 rings (SSSR count). The molecule has 0 amide bonds. The zero-order valence-corrected chi connectivity index (χ0v) is 13.0. The zero-order chi connectivity index (χ0) is 15.8. The summed E-state index contributed by atoms with van der Waals surface area (Å²) in [5.74, 6) is 0.683. The number of thioether (sulfide) groups is 1. The third kappa shape index (κ3) is 3.34. The first-order valence-corrected chi connectivity index (χ1v) is 7.63. The average Bonchev–Trinajstić information content (AvgIpc) is 2.42. The van der Waals surface area contributed by atoms with Gasteiger partial charge < -0.3 is 0 Å². The Morgan fingerprint density at radius 1 is 1.14 bits per heavy atom. The predicted molar refractivity (Wildman–Crippen MR) is 79.6 cm³/mol. The molecule has 1 aliphatic heterocycles. The van der Waals surface area contributed by atoms with Crippen LogP contribution in [0.4, 0.5) is 13.2 Å². The summed E-state index contributed by atoms with van der Waals surface area (Å²) in [5.41, 5.74) is 2.08. The Balaban J connectivity index is 2.25. The summed E-state index contributed by atoms with van der Waals surface area (Å²) in [7, 11) is 0. The molecule has 1 unspecified atom stereocenters. The highest BCUT2D eigenvalue weighted by atomic mass is 32.2. The van der Waals surface area contributed by atoms with Crippen molar-refractivity contribution in [2.24, 2.45) is 0 Å². The quantitative estimate of drug-likeness (QED) is 0.557. The highest BCUT2D eigenvalue weighted by Crippen LogP contribution is 2.41. The topological polar surface area (TPSA) is 17.1 Å². The Hall–Kier alpha value is -1.23. The van der Waals surface area contributed by atoms with Crippen LogP contribution in [0.5, 0.6) is 0 Å². The van der Waals surface area contributed by atoms with Gasteiger partial charge in [0.15, 0.2) is 5.78 Å². The van der Waals surface area contributed by atoms with E-state index in [1.807, 2.05) is 20.8 Å². The Bertz CT molecular complexity index is 587. The van der Waals surface area contributed by atoms with Crippen molar-refractivity contribution in [2.75, 3.05) is 5.75 Å². The Morgan fingerprint density at radius 3 is 2.19 bits per heavy atom. The maximum Gasteiger partial charge on any atom is 0.416 e. The van der Waals surface area contributed by atoms with Crippen molar-refractivity contribution in [3.05, 3.63) is 46.5 Å². The number of hydrogen-bond donors (Lipinski definition) is 0. The van der Waals surface area contributed by atoms with Gasteiger partial charge in [-0.25, -0.2) is 0 Å². The number of rotatable bonds is 2. The maximum absolute atomic E-state index is 12.6. The van der Waals surface area contributed by atoms with Gasteiger partial charge in [-0.05, 0) is 39.3 Å². The lowest BCUT2D eigenvalue weighted by molar-refractivity contribution is -0.137. The molecule has 0 saturated carbocycles. The van der Waals surface area contributed by atoms with Crippen LogP contribution in [-0.2, 0) is 6.18 Å². The number of carbonyl (C=O) groups is 1. The van der Waals surface area contributed by atoms with Crippen molar-refractivity contribution in [1.29, 1.82) is 0 Å². The van der Waals surface area contributed by atoms with Crippen molar-refractivity contribution >= 4 is 17.5 Å². The number of allylic oxidation sites excluding steroid dienone is 1. The largest absolute Gasteiger partial charge is 0.416 e. The number of Topliss-reactive ketones (excluding diaryl/α,β-unsaturated/α-hetero) is 1. The molecule has 0 spiro atoms. The second-order valence-corrected chi connectivity index (χ2v) is 7.14. The van der Waals surface area contributed by atoms with Crippen LogP contribution in [0.15, 0.2) is 35.4 Å². The molecule has 0 fully saturated rings. The normalized spacial score (nSPS) is 23.3. The number of hydrogen-bond acceptors (Lipinski definition) is 2. The molecule has 5 heteroatoms. The number of alkyl halides is 3. The number of carbonyl (C=O) groups excluding carboxylic acids is 1. The van der Waals surface area contributed by atoms with Crippen LogP contribution >= 0.6 is 11.8 Å². The van der Waals surface area contributed by atoms with Gasteiger partial charge in [-0.1, -0.05) is 23.3 Å². The molecule has 21 heavy (non-hydrogen) atoms. The van der Waals surface area contributed by atoms with Gasteiger partial charge in [0.05, 0.1) is 10.3 Å². The minimum atomic E-state index is -4.37. The monoisotopic (exact) mass is 314 g/mol. The van der Waals surface area contributed by atoms with E-state index in [0.717, 1.165) is 17.9 Å². The summed E-state index contributed by atoms with van der Waals surface area (Å²) in [6.45, 7) is 5.92. The lowest BCUT2D eigenvalue weighted by Gasteiger charge is -2.33. The fraction of sp³-hybridized carbons (Fsp3) is 0.438. The summed E-state index contributed by atoms with van der Waals surface area (Å²) < 4.78 is 37.1. The molecule has 0 aromatic heterocycles. The van der Waals surface area contributed by atoms with E-state index in [4.69, 9.17) is 0 Å². The summed E-state index contributed by atoms with van der Waals surface area (Å²) in [5, 5.41) is 0. The van der Waals surface area contributed by atoms with Gasteiger partial charge in [0.25, 0.3) is 0 Å². The smallest absolute Gasteiger partial charge is 0.293 e. The third-order valence-corrected chi connectivity index (χ3v) is 5.44. The molecule has 0 bridgehead atoms. The summed E-state index contributed by atoms with van der Waals surface area (Å²) >= 11 is 1.56. The first-order chi connectivity index (χ1) is 9.63. The van der Waals surface area contributed by atoms with Crippen molar-refractivity contribution < 1.29 is 18.0 Å². The van der Waals surface area contributed by atoms with Gasteiger partial charge in [-0.3, -0.25) is 4.79 Å². The van der Waals surface area contributed by atoms with Gasteiger partial charge in [-0.15, -0.1) is 11.8 Å². The molecule has 1 aromatic carbocycles. The van der Waals surface area contributed by atoms with E-state index >= 15 is 0 Å². The van der Waals surface area contributed by atoms with Crippen LogP contribution in [0, 0.1) is 0 Å². The van der Waals surface area contributed by atoms with E-state index in [2.05, 4.69) is 0 Å². The van der Waals surface area contributed by atoms with Gasteiger partial charge >= 0.3 is 6.18 Å². The summed E-state index contributed by atoms with van der Waals surface area (Å²) in [4.78, 5) is 12.6. The van der Waals surface area contributed by atoms with Gasteiger partial charge in [-0.2, -0.15) is 13.2 Å². The summed E-state index contributed by atoms with van der Waals surface area (Å²) in [6, 6.07) is 4.49. The summed E-state index contributed by atoms with van der Waals surface area (Å²) in [6.07, 6.45) is -3.73. The Labute approximate surface area is 126 Å². The van der Waals surface area contributed by atoms with Crippen molar-refractivity contribution in [1.82, 2.24) is 0 Å². The highest BCUT2D eigenvalue weighted by Gasteiger charge is 2.38. The second kappa shape index (κ2) is 5.52. The standard InChI is InChI=1S/C16H17F3OS/c1-10-8-15(3,21-9-11(10)2)14(20)12-4-6-13(7-5-12)16(17,18)19/h4-7H,8-9H2,1-3H3. The van der Waals surface area contributed by atoms with E-state index < -0.39 is 16.5 Å². The zero-order valence-electron chi connectivity index (χ0n) is 12.2. The molecule has 114 valence electrons. The average molecular weight is 314 g/mol. The maximum atomic E-state index is 12.6. The minimum Gasteiger partial charge on any atom is -0.293 e. The van der Waals surface area contributed by atoms with Gasteiger partial charge in [0, 0.05) is 11.3 Å². The van der Waals surface area contributed by atoms with E-state index in [1.54, 1.807) is 11.8 Å². The van der Waals surface area contributed by atoms with Gasteiger partial charge in [0.1, 0.15) is 0 Å².